The fourth-order valence-corrected chi connectivity index (χ4v) is 4.22. The highest BCUT2D eigenvalue weighted by Crippen LogP contribution is 2.48. The molecule has 0 unspecified atom stereocenters. The lowest BCUT2D eigenvalue weighted by Gasteiger charge is -2.27. The van der Waals surface area contributed by atoms with Gasteiger partial charge in [-0.25, -0.2) is 0 Å². The molecule has 0 amide bonds. The first kappa shape index (κ1) is 20.9. The van der Waals surface area contributed by atoms with E-state index in [4.69, 9.17) is 4.52 Å². The largest absolute Gasteiger partial charge is 0.361 e. The van der Waals surface area contributed by atoms with Gasteiger partial charge in [-0.15, -0.1) is 0 Å². The first-order valence-corrected chi connectivity index (χ1v) is 10.8. The number of nitrogens with zero attached hydrogens (tertiary/aromatic N) is 3. The summed E-state index contributed by atoms with van der Waals surface area (Å²) in [5.41, 5.74) is 7.06. The van der Waals surface area contributed by atoms with Crippen molar-refractivity contribution in [3.63, 3.8) is 0 Å². The average molecular weight is 414 g/mol. The van der Waals surface area contributed by atoms with Crippen LogP contribution in [0.2, 0.25) is 0 Å². The Kier molecular flexibility index (Phi) is 5.65. The van der Waals surface area contributed by atoms with Crippen molar-refractivity contribution in [2.45, 2.75) is 51.9 Å². The van der Waals surface area contributed by atoms with Gasteiger partial charge in [-0.05, 0) is 74.9 Å². The predicted molar refractivity (Wildman–Crippen MR) is 121 cm³/mol. The van der Waals surface area contributed by atoms with Gasteiger partial charge in [0.1, 0.15) is 12.0 Å². The number of hydrogen-bond acceptors (Lipinski definition) is 5. The lowest BCUT2D eigenvalue weighted by molar-refractivity contribution is -0.107. The van der Waals surface area contributed by atoms with Crippen LogP contribution in [-0.2, 0) is 10.2 Å². The Bertz CT molecular complexity index is 1110. The molecule has 0 bridgehead atoms. The molecule has 2 aromatic carbocycles. The highest BCUT2D eigenvalue weighted by atomic mass is 16.5. The van der Waals surface area contributed by atoms with E-state index < -0.39 is 0 Å². The van der Waals surface area contributed by atoms with Crippen molar-refractivity contribution in [1.82, 2.24) is 5.16 Å². The van der Waals surface area contributed by atoms with Crippen LogP contribution in [0.25, 0.3) is 11.1 Å². The first-order valence-electron chi connectivity index (χ1n) is 10.8. The normalized spacial score (nSPS) is 14.1. The molecule has 3 aromatic rings. The number of aromatic nitrogens is 1. The smallest absolute Gasteiger partial charge is 0.141 e. The molecular formula is C26H27N3O2. The minimum absolute atomic E-state index is 0.292. The number of unbranched alkanes of at least 4 members (excludes halogenated alkanes) is 1. The molecule has 0 saturated heterocycles. The zero-order valence-corrected chi connectivity index (χ0v) is 18.3. The molecule has 0 atom stereocenters. The van der Waals surface area contributed by atoms with Crippen LogP contribution in [0.1, 0.15) is 48.3 Å². The first-order chi connectivity index (χ1) is 15.0. The molecule has 0 radical (unpaired) electrons. The van der Waals surface area contributed by atoms with Crippen LogP contribution in [0, 0.1) is 32.1 Å². The molecule has 1 heterocycles. The van der Waals surface area contributed by atoms with E-state index in [1.54, 1.807) is 0 Å². The van der Waals surface area contributed by atoms with Crippen molar-refractivity contribution in [2.75, 3.05) is 11.4 Å². The summed E-state index contributed by atoms with van der Waals surface area (Å²) in [5.74, 6) is 0.801. The molecule has 1 aliphatic rings. The summed E-state index contributed by atoms with van der Waals surface area (Å²) in [6, 6.07) is 17.2. The van der Waals surface area contributed by atoms with Gasteiger partial charge < -0.3 is 14.2 Å². The third-order valence-electron chi connectivity index (χ3n) is 6.22. The third-order valence-corrected chi connectivity index (χ3v) is 6.22. The Morgan fingerprint density at radius 3 is 2.48 bits per heavy atom. The van der Waals surface area contributed by atoms with Gasteiger partial charge in [0.2, 0.25) is 0 Å². The number of carbonyl (C=O) groups is 1. The van der Waals surface area contributed by atoms with Crippen LogP contribution < -0.4 is 4.90 Å². The Morgan fingerprint density at radius 1 is 1.16 bits per heavy atom. The molecule has 31 heavy (non-hydrogen) atoms. The third kappa shape index (κ3) is 3.98. The van der Waals surface area contributed by atoms with Crippen molar-refractivity contribution in [3.05, 3.63) is 65.0 Å². The van der Waals surface area contributed by atoms with E-state index >= 15 is 0 Å². The maximum atomic E-state index is 10.9. The SMILES string of the molecule is Cc1ccc(-c2c(C)noc2C)cc1N(CCCC=O)c1ccc(C2(C#N)CC2)cc1. The summed E-state index contributed by atoms with van der Waals surface area (Å²) in [6.45, 7) is 6.71. The van der Waals surface area contributed by atoms with E-state index in [0.717, 1.165) is 77.2 Å². The van der Waals surface area contributed by atoms with E-state index in [2.05, 4.69) is 65.5 Å². The second-order valence-electron chi connectivity index (χ2n) is 8.40. The van der Waals surface area contributed by atoms with Crippen molar-refractivity contribution in [3.8, 4) is 17.2 Å². The van der Waals surface area contributed by atoms with Gasteiger partial charge in [0.25, 0.3) is 0 Å². The second-order valence-corrected chi connectivity index (χ2v) is 8.40. The number of benzene rings is 2. The fraction of sp³-hybridized carbons (Fsp3) is 0.346. The number of hydrogen-bond donors (Lipinski definition) is 0. The van der Waals surface area contributed by atoms with E-state index in [-0.39, 0.29) is 5.41 Å². The van der Waals surface area contributed by atoms with Crippen molar-refractivity contribution in [2.24, 2.45) is 0 Å². The molecule has 1 fully saturated rings. The molecule has 5 heteroatoms. The van der Waals surface area contributed by atoms with Crippen LogP contribution in [-0.4, -0.2) is 18.0 Å². The summed E-state index contributed by atoms with van der Waals surface area (Å²) in [6.07, 6.45) is 4.13. The molecule has 4 rings (SSSR count). The average Bonchev–Trinajstić information content (AvgIpc) is 3.51. The highest BCUT2D eigenvalue weighted by molar-refractivity contribution is 5.76. The molecule has 1 saturated carbocycles. The summed E-state index contributed by atoms with van der Waals surface area (Å²) in [4.78, 5) is 13.2. The van der Waals surface area contributed by atoms with E-state index in [0.29, 0.717) is 6.42 Å². The molecular weight excluding hydrogens is 386 g/mol. The Balaban J connectivity index is 1.73. The number of aryl methyl sites for hydroxylation is 3. The van der Waals surface area contributed by atoms with Crippen LogP contribution in [0.3, 0.4) is 0 Å². The summed E-state index contributed by atoms with van der Waals surface area (Å²) >= 11 is 0. The lowest BCUT2D eigenvalue weighted by Crippen LogP contribution is -2.20. The van der Waals surface area contributed by atoms with Gasteiger partial charge >= 0.3 is 0 Å². The number of rotatable bonds is 8. The zero-order chi connectivity index (χ0) is 22.0. The Morgan fingerprint density at radius 2 is 1.90 bits per heavy atom. The molecule has 1 aliphatic carbocycles. The fourth-order valence-electron chi connectivity index (χ4n) is 4.22. The van der Waals surface area contributed by atoms with E-state index in [9.17, 15) is 10.1 Å². The molecule has 0 aliphatic heterocycles. The summed E-state index contributed by atoms with van der Waals surface area (Å²) < 4.78 is 5.38. The Labute approximate surface area is 183 Å². The van der Waals surface area contributed by atoms with Gasteiger partial charge in [-0.1, -0.05) is 29.4 Å². The highest BCUT2D eigenvalue weighted by Gasteiger charge is 2.44. The molecule has 5 nitrogen and oxygen atoms in total. The zero-order valence-electron chi connectivity index (χ0n) is 18.3. The van der Waals surface area contributed by atoms with Gasteiger partial charge in [0.05, 0.1) is 17.2 Å². The summed E-state index contributed by atoms with van der Waals surface area (Å²) in [7, 11) is 0. The van der Waals surface area contributed by atoms with Crippen molar-refractivity contribution in [1.29, 1.82) is 5.26 Å². The second kappa shape index (κ2) is 8.39. The molecule has 0 spiro atoms. The lowest BCUT2D eigenvalue weighted by atomic mass is 9.97. The quantitative estimate of drug-likeness (QED) is 0.338. The van der Waals surface area contributed by atoms with Crippen molar-refractivity contribution < 1.29 is 9.32 Å². The van der Waals surface area contributed by atoms with Crippen molar-refractivity contribution >= 4 is 17.7 Å². The topological polar surface area (TPSA) is 70.1 Å². The minimum atomic E-state index is -0.292. The van der Waals surface area contributed by atoms with Gasteiger partial charge in [0.15, 0.2) is 0 Å². The minimum Gasteiger partial charge on any atom is -0.361 e. The van der Waals surface area contributed by atoms with E-state index in [1.165, 1.54) is 0 Å². The summed E-state index contributed by atoms with van der Waals surface area (Å²) in [5, 5.41) is 13.6. The van der Waals surface area contributed by atoms with Crippen LogP contribution in [0.15, 0.2) is 47.0 Å². The van der Waals surface area contributed by atoms with Crippen LogP contribution in [0.5, 0.6) is 0 Å². The standard InChI is InChI=1S/C26H27N3O2/c1-18-6-7-21(25-19(2)28-31-20(25)3)16-24(18)29(14-4-5-15-30)23-10-8-22(9-11-23)26(17-27)12-13-26/h6-11,15-16H,4-5,12-14H2,1-3H3. The number of anilines is 2. The van der Waals surface area contributed by atoms with E-state index in [1.807, 2.05) is 13.8 Å². The molecule has 0 N–H and O–H groups in total. The monoisotopic (exact) mass is 413 g/mol. The van der Waals surface area contributed by atoms with Crippen LogP contribution in [0.4, 0.5) is 11.4 Å². The molecule has 158 valence electrons. The maximum Gasteiger partial charge on any atom is 0.141 e. The number of carbonyl (C=O) groups excluding carboxylic acids is 1. The number of nitriles is 1. The van der Waals surface area contributed by atoms with Crippen LogP contribution >= 0.6 is 0 Å². The Hall–Kier alpha value is -3.39. The predicted octanol–water partition coefficient (Wildman–Crippen LogP) is 5.94. The van der Waals surface area contributed by atoms with Gasteiger partial charge in [0, 0.05) is 29.9 Å². The van der Waals surface area contributed by atoms with Gasteiger partial charge in [-0.2, -0.15) is 5.26 Å². The maximum absolute atomic E-state index is 10.9. The number of aldehydes is 1. The van der Waals surface area contributed by atoms with Gasteiger partial charge in [-0.3, -0.25) is 0 Å². The molecule has 1 aromatic heterocycles.